The first-order chi connectivity index (χ1) is 21.5. The van der Waals surface area contributed by atoms with Crippen LogP contribution in [0.25, 0.3) is 0 Å². The summed E-state index contributed by atoms with van der Waals surface area (Å²) in [6.07, 6.45) is 4.60. The van der Waals surface area contributed by atoms with E-state index in [4.69, 9.17) is 9.47 Å². The van der Waals surface area contributed by atoms with E-state index in [-0.39, 0.29) is 37.4 Å². The first-order valence-corrected chi connectivity index (χ1v) is 15.1. The first-order valence-electron chi connectivity index (χ1n) is 15.1. The SMILES string of the molecule is COC[C@@H]1NC(=O)[C@@H](CC(=O)N[C@@H](CO)Cc2ccccc2)CC=CC[C@@H](Cc2ccccc2)C(=O)O[C@H]1c1ccccc1. The zero-order chi connectivity index (χ0) is 31.1. The zero-order valence-corrected chi connectivity index (χ0v) is 25.1. The molecule has 3 aromatic carbocycles. The van der Waals surface area contributed by atoms with Gasteiger partial charge in [0, 0.05) is 13.5 Å². The number of nitrogens with one attached hydrogen (secondary N) is 2. The predicted octanol–water partition coefficient (Wildman–Crippen LogP) is 4.34. The van der Waals surface area contributed by atoms with Gasteiger partial charge < -0.3 is 25.2 Å². The minimum Gasteiger partial charge on any atom is -0.455 e. The maximum Gasteiger partial charge on any atom is 0.310 e. The molecule has 8 nitrogen and oxygen atoms in total. The Morgan fingerprint density at radius 1 is 0.909 bits per heavy atom. The highest BCUT2D eigenvalue weighted by Crippen LogP contribution is 2.27. The molecule has 3 N–H and O–H groups in total. The predicted molar refractivity (Wildman–Crippen MR) is 168 cm³/mol. The fourth-order valence-corrected chi connectivity index (χ4v) is 5.47. The maximum atomic E-state index is 13.7. The molecule has 0 unspecified atom stereocenters. The smallest absolute Gasteiger partial charge is 0.310 e. The number of carbonyl (C=O) groups excluding carboxylic acids is 3. The van der Waals surface area contributed by atoms with Gasteiger partial charge in [0.25, 0.3) is 0 Å². The van der Waals surface area contributed by atoms with Crippen LogP contribution in [0.2, 0.25) is 0 Å². The van der Waals surface area contributed by atoms with E-state index in [0.717, 1.165) is 16.7 Å². The first kappa shape index (κ1) is 32.6. The number of methoxy groups -OCH3 is 1. The van der Waals surface area contributed by atoms with Gasteiger partial charge in [0.05, 0.1) is 37.1 Å². The third kappa shape index (κ3) is 9.89. The van der Waals surface area contributed by atoms with Gasteiger partial charge in [-0.1, -0.05) is 103 Å². The number of ether oxygens (including phenoxy) is 2. The molecule has 1 heterocycles. The van der Waals surface area contributed by atoms with Crippen LogP contribution in [-0.4, -0.2) is 55.3 Å². The van der Waals surface area contributed by atoms with E-state index >= 15 is 0 Å². The molecule has 4 rings (SSSR count). The third-order valence-electron chi connectivity index (χ3n) is 7.79. The molecule has 232 valence electrons. The largest absolute Gasteiger partial charge is 0.455 e. The van der Waals surface area contributed by atoms with Crippen molar-refractivity contribution in [2.24, 2.45) is 11.8 Å². The highest BCUT2D eigenvalue weighted by Gasteiger charge is 2.34. The molecule has 0 saturated carbocycles. The van der Waals surface area contributed by atoms with Crippen LogP contribution < -0.4 is 10.6 Å². The van der Waals surface area contributed by atoms with Gasteiger partial charge >= 0.3 is 5.97 Å². The van der Waals surface area contributed by atoms with Crippen LogP contribution in [0.1, 0.15) is 42.1 Å². The molecule has 8 heteroatoms. The van der Waals surface area contributed by atoms with Crippen molar-refractivity contribution in [1.82, 2.24) is 10.6 Å². The highest BCUT2D eigenvalue weighted by molar-refractivity contribution is 5.86. The average Bonchev–Trinajstić information content (AvgIpc) is 3.04. The molecule has 0 aliphatic carbocycles. The van der Waals surface area contributed by atoms with Gasteiger partial charge in [-0.15, -0.1) is 0 Å². The van der Waals surface area contributed by atoms with Crippen molar-refractivity contribution in [1.29, 1.82) is 0 Å². The summed E-state index contributed by atoms with van der Waals surface area (Å²) < 4.78 is 11.6. The molecule has 0 radical (unpaired) electrons. The van der Waals surface area contributed by atoms with Crippen molar-refractivity contribution < 1.29 is 29.0 Å². The summed E-state index contributed by atoms with van der Waals surface area (Å²) in [5, 5.41) is 15.8. The summed E-state index contributed by atoms with van der Waals surface area (Å²) in [4.78, 5) is 40.5. The number of rotatable bonds is 11. The topological polar surface area (TPSA) is 114 Å². The van der Waals surface area contributed by atoms with Crippen molar-refractivity contribution >= 4 is 17.8 Å². The second-order valence-electron chi connectivity index (χ2n) is 11.2. The number of hydrogen-bond donors (Lipinski definition) is 3. The number of benzene rings is 3. The molecule has 1 aliphatic heterocycles. The summed E-state index contributed by atoms with van der Waals surface area (Å²) in [6.45, 7) is -0.124. The van der Waals surface area contributed by atoms with Crippen molar-refractivity contribution in [3.05, 3.63) is 120 Å². The molecule has 1 aliphatic rings. The lowest BCUT2D eigenvalue weighted by Gasteiger charge is -2.31. The van der Waals surface area contributed by atoms with E-state index in [1.807, 2.05) is 103 Å². The molecule has 5 atom stereocenters. The Hall–Kier alpha value is -4.27. The maximum absolute atomic E-state index is 13.7. The summed E-state index contributed by atoms with van der Waals surface area (Å²) in [7, 11) is 1.53. The Morgan fingerprint density at radius 3 is 2.11 bits per heavy atom. The van der Waals surface area contributed by atoms with Crippen LogP contribution in [0.15, 0.2) is 103 Å². The minimum atomic E-state index is -0.798. The average molecular weight is 599 g/mol. The Kier molecular flexibility index (Phi) is 12.7. The quantitative estimate of drug-likeness (QED) is 0.224. The van der Waals surface area contributed by atoms with Crippen molar-refractivity contribution in [2.75, 3.05) is 20.3 Å². The van der Waals surface area contributed by atoms with Crippen molar-refractivity contribution in [2.45, 2.75) is 50.3 Å². The standard InChI is InChI=1S/C36H42N2O6/c1-43-25-32-34(28-17-9-4-10-18-28)44-36(42)30(21-26-13-5-2-6-14-26)20-12-11-19-29(35(41)38-32)23-33(40)37-31(24-39)22-27-15-7-3-8-16-27/h2-18,29-32,34,39H,19-25H2,1H3,(H,37,40)(H,38,41)/t29-,30+,31-,32+,34+/m1/s1. The summed E-state index contributed by atoms with van der Waals surface area (Å²) >= 11 is 0. The number of allylic oxidation sites excluding steroid dienone is 2. The molecule has 44 heavy (non-hydrogen) atoms. The molecule has 0 spiro atoms. The summed E-state index contributed by atoms with van der Waals surface area (Å²) in [5.41, 5.74) is 2.75. The van der Waals surface area contributed by atoms with Crippen molar-refractivity contribution in [3.8, 4) is 0 Å². The normalized spacial score (nSPS) is 21.7. The molecule has 0 fully saturated rings. The number of amides is 2. The zero-order valence-electron chi connectivity index (χ0n) is 25.1. The van der Waals surface area contributed by atoms with Crippen molar-refractivity contribution in [3.63, 3.8) is 0 Å². The lowest BCUT2D eigenvalue weighted by Crippen LogP contribution is -2.48. The fraction of sp³-hybridized carbons (Fsp3) is 0.361. The lowest BCUT2D eigenvalue weighted by atomic mass is 9.93. The van der Waals surface area contributed by atoms with Crippen LogP contribution in [0.4, 0.5) is 0 Å². The van der Waals surface area contributed by atoms with Gasteiger partial charge in [0.2, 0.25) is 11.8 Å². The van der Waals surface area contributed by atoms with Crippen LogP contribution in [0.5, 0.6) is 0 Å². The van der Waals surface area contributed by atoms with Crippen LogP contribution in [-0.2, 0) is 36.7 Å². The Morgan fingerprint density at radius 2 is 1.50 bits per heavy atom. The number of cyclic esters (lactones) is 1. The molecule has 0 bridgehead atoms. The second-order valence-corrected chi connectivity index (χ2v) is 11.2. The highest BCUT2D eigenvalue weighted by atomic mass is 16.5. The lowest BCUT2D eigenvalue weighted by molar-refractivity contribution is -0.158. The fourth-order valence-electron chi connectivity index (χ4n) is 5.47. The number of aliphatic hydroxyl groups excluding tert-OH is 1. The number of aliphatic hydroxyl groups is 1. The Labute approximate surface area is 259 Å². The van der Waals surface area contributed by atoms with Gasteiger partial charge in [-0.25, -0.2) is 0 Å². The molecular weight excluding hydrogens is 556 g/mol. The van der Waals surface area contributed by atoms with Gasteiger partial charge in [-0.2, -0.15) is 0 Å². The van der Waals surface area contributed by atoms with Gasteiger partial charge in [0.15, 0.2) is 0 Å². The monoisotopic (exact) mass is 598 g/mol. The third-order valence-corrected chi connectivity index (χ3v) is 7.79. The molecule has 2 amide bonds. The van der Waals surface area contributed by atoms with Gasteiger partial charge in [-0.3, -0.25) is 14.4 Å². The molecular formula is C36H42N2O6. The molecule has 3 aromatic rings. The number of carbonyl (C=O) groups is 3. The minimum absolute atomic E-state index is 0.0651. The Bertz CT molecular complexity index is 1350. The van der Waals surface area contributed by atoms with Crippen LogP contribution >= 0.6 is 0 Å². The van der Waals surface area contributed by atoms with Gasteiger partial charge in [0.1, 0.15) is 6.10 Å². The van der Waals surface area contributed by atoms with Gasteiger partial charge in [-0.05, 0) is 42.4 Å². The molecule has 0 saturated heterocycles. The van der Waals surface area contributed by atoms with E-state index in [1.165, 1.54) is 7.11 Å². The van der Waals surface area contributed by atoms with E-state index in [2.05, 4.69) is 10.6 Å². The molecule has 0 aromatic heterocycles. The summed E-state index contributed by atoms with van der Waals surface area (Å²) in [6, 6.07) is 27.6. The Balaban J connectivity index is 1.57. The summed E-state index contributed by atoms with van der Waals surface area (Å²) in [5.74, 6) is -2.14. The van der Waals surface area contributed by atoms with E-state index in [0.29, 0.717) is 25.7 Å². The second kappa shape index (κ2) is 17.1. The van der Waals surface area contributed by atoms with E-state index in [1.54, 1.807) is 0 Å². The van der Waals surface area contributed by atoms with E-state index < -0.39 is 30.0 Å². The van der Waals surface area contributed by atoms with E-state index in [9.17, 15) is 19.5 Å². The number of esters is 1. The van der Waals surface area contributed by atoms with Crippen LogP contribution in [0, 0.1) is 11.8 Å². The number of hydrogen-bond acceptors (Lipinski definition) is 6. The van der Waals surface area contributed by atoms with Crippen LogP contribution in [0.3, 0.4) is 0 Å².